The first-order valence-electron chi connectivity index (χ1n) is 6.92. The maximum atomic E-state index is 11.8. The van der Waals surface area contributed by atoms with Gasteiger partial charge in [-0.05, 0) is 36.1 Å². The number of aryl methyl sites for hydroxylation is 1. The van der Waals surface area contributed by atoms with Gasteiger partial charge in [-0.3, -0.25) is 9.59 Å². The standard InChI is InChI=1S/C15H15N3O2/c1-18-15(20)11-7-10(11)14(17-18)9-2-4-12-8(6-9)3-5-13(19)16-12/h2,4,6,10-11H,3,5,7H2,1H3,(H,16,19). The lowest BCUT2D eigenvalue weighted by atomic mass is 9.96. The summed E-state index contributed by atoms with van der Waals surface area (Å²) in [6.07, 6.45) is 2.22. The molecule has 102 valence electrons. The molecule has 2 heterocycles. The summed E-state index contributed by atoms with van der Waals surface area (Å²) in [5, 5.41) is 8.78. The topological polar surface area (TPSA) is 61.8 Å². The summed E-state index contributed by atoms with van der Waals surface area (Å²) >= 11 is 0. The summed E-state index contributed by atoms with van der Waals surface area (Å²) in [6, 6.07) is 6.03. The number of hydrazone groups is 1. The van der Waals surface area contributed by atoms with Crippen molar-refractivity contribution < 1.29 is 9.59 Å². The first kappa shape index (κ1) is 11.6. The Morgan fingerprint density at radius 2 is 2.10 bits per heavy atom. The van der Waals surface area contributed by atoms with E-state index in [-0.39, 0.29) is 23.7 Å². The van der Waals surface area contributed by atoms with Gasteiger partial charge in [-0.25, -0.2) is 5.01 Å². The van der Waals surface area contributed by atoms with Crippen LogP contribution in [0.5, 0.6) is 0 Å². The highest BCUT2D eigenvalue weighted by Crippen LogP contribution is 2.45. The molecule has 5 heteroatoms. The molecule has 2 atom stereocenters. The molecule has 1 saturated carbocycles. The van der Waals surface area contributed by atoms with E-state index in [9.17, 15) is 9.59 Å². The number of nitrogens with one attached hydrogen (secondary N) is 1. The van der Waals surface area contributed by atoms with Crippen LogP contribution in [0.1, 0.15) is 24.0 Å². The summed E-state index contributed by atoms with van der Waals surface area (Å²) in [5.74, 6) is 0.620. The van der Waals surface area contributed by atoms with Crippen molar-refractivity contribution in [1.82, 2.24) is 5.01 Å². The molecule has 2 aliphatic heterocycles. The second-order valence-electron chi connectivity index (χ2n) is 5.72. The van der Waals surface area contributed by atoms with Crippen molar-refractivity contribution in [2.75, 3.05) is 12.4 Å². The fraction of sp³-hybridized carbons (Fsp3) is 0.400. The van der Waals surface area contributed by atoms with E-state index in [2.05, 4.69) is 16.5 Å². The molecule has 1 aromatic carbocycles. The fourth-order valence-corrected chi connectivity index (χ4v) is 3.11. The number of carbonyl (C=O) groups is 2. The molecule has 4 rings (SSSR count). The second-order valence-corrected chi connectivity index (χ2v) is 5.72. The van der Waals surface area contributed by atoms with E-state index >= 15 is 0 Å². The van der Waals surface area contributed by atoms with E-state index < -0.39 is 0 Å². The number of benzene rings is 1. The smallest absolute Gasteiger partial charge is 0.246 e. The van der Waals surface area contributed by atoms with Gasteiger partial charge in [0.25, 0.3) is 0 Å². The van der Waals surface area contributed by atoms with Crippen LogP contribution in [0, 0.1) is 11.8 Å². The van der Waals surface area contributed by atoms with Gasteiger partial charge in [-0.15, -0.1) is 0 Å². The molecule has 2 amide bonds. The minimum absolute atomic E-state index is 0.0767. The van der Waals surface area contributed by atoms with Gasteiger partial charge >= 0.3 is 0 Å². The lowest BCUT2D eigenvalue weighted by molar-refractivity contribution is -0.131. The average Bonchev–Trinajstić information content (AvgIpc) is 3.23. The summed E-state index contributed by atoms with van der Waals surface area (Å²) < 4.78 is 0. The first-order valence-corrected chi connectivity index (χ1v) is 6.92. The third-order valence-electron chi connectivity index (χ3n) is 4.33. The van der Waals surface area contributed by atoms with E-state index in [0.717, 1.165) is 35.4 Å². The second kappa shape index (κ2) is 3.91. The molecule has 3 aliphatic rings. The minimum atomic E-state index is 0.0767. The van der Waals surface area contributed by atoms with E-state index in [0.29, 0.717) is 6.42 Å². The van der Waals surface area contributed by atoms with Gasteiger partial charge in [0.15, 0.2) is 0 Å². The van der Waals surface area contributed by atoms with Gasteiger partial charge in [0.2, 0.25) is 11.8 Å². The van der Waals surface area contributed by atoms with Crippen LogP contribution in [0.4, 0.5) is 5.69 Å². The van der Waals surface area contributed by atoms with Crippen LogP contribution in [0.2, 0.25) is 0 Å². The number of hydrogen-bond donors (Lipinski definition) is 1. The van der Waals surface area contributed by atoms with Gasteiger partial charge in [-0.2, -0.15) is 5.10 Å². The number of anilines is 1. The Balaban J connectivity index is 1.72. The molecule has 0 spiro atoms. The Bertz CT molecular complexity index is 665. The van der Waals surface area contributed by atoms with Crippen molar-refractivity contribution in [2.45, 2.75) is 19.3 Å². The van der Waals surface area contributed by atoms with Crippen LogP contribution in [0.25, 0.3) is 0 Å². The van der Waals surface area contributed by atoms with E-state index in [1.54, 1.807) is 7.05 Å². The Hall–Kier alpha value is -2.17. The third kappa shape index (κ3) is 1.66. The van der Waals surface area contributed by atoms with Gasteiger partial charge < -0.3 is 5.32 Å². The van der Waals surface area contributed by atoms with Crippen molar-refractivity contribution in [3.05, 3.63) is 29.3 Å². The predicted molar refractivity (Wildman–Crippen MR) is 74.3 cm³/mol. The van der Waals surface area contributed by atoms with Crippen LogP contribution in [0.15, 0.2) is 23.3 Å². The number of carbonyl (C=O) groups excluding carboxylic acids is 2. The molecule has 2 unspecified atom stereocenters. The third-order valence-corrected chi connectivity index (χ3v) is 4.33. The van der Waals surface area contributed by atoms with Crippen LogP contribution in [-0.2, 0) is 16.0 Å². The molecule has 0 bridgehead atoms. The molecule has 0 radical (unpaired) electrons. The highest BCUT2D eigenvalue weighted by atomic mass is 16.2. The Kier molecular flexibility index (Phi) is 2.28. The van der Waals surface area contributed by atoms with Gasteiger partial charge in [-0.1, -0.05) is 6.07 Å². The van der Waals surface area contributed by atoms with Gasteiger partial charge in [0.1, 0.15) is 0 Å². The van der Waals surface area contributed by atoms with Gasteiger partial charge in [0, 0.05) is 31.0 Å². The maximum absolute atomic E-state index is 11.8. The van der Waals surface area contributed by atoms with E-state index in [4.69, 9.17) is 0 Å². The highest BCUT2D eigenvalue weighted by Gasteiger charge is 2.51. The molecule has 1 fully saturated rings. The summed E-state index contributed by atoms with van der Waals surface area (Å²) in [7, 11) is 1.72. The number of hydrogen-bond acceptors (Lipinski definition) is 3. The van der Waals surface area contributed by atoms with Crippen LogP contribution in [-0.4, -0.2) is 29.6 Å². The quantitative estimate of drug-likeness (QED) is 0.837. The van der Waals surface area contributed by atoms with E-state index in [1.165, 1.54) is 5.01 Å². The van der Waals surface area contributed by atoms with Crippen LogP contribution >= 0.6 is 0 Å². The number of nitrogens with zero attached hydrogens (tertiary/aromatic N) is 2. The lowest BCUT2D eigenvalue weighted by Crippen LogP contribution is -2.31. The largest absolute Gasteiger partial charge is 0.326 e. The highest BCUT2D eigenvalue weighted by molar-refractivity contribution is 6.10. The van der Waals surface area contributed by atoms with Gasteiger partial charge in [0.05, 0.1) is 5.71 Å². The monoisotopic (exact) mass is 269 g/mol. The summed E-state index contributed by atoms with van der Waals surface area (Å²) in [4.78, 5) is 23.2. The fourth-order valence-electron chi connectivity index (χ4n) is 3.11. The molecular weight excluding hydrogens is 254 g/mol. The molecule has 1 aromatic rings. The molecular formula is C15H15N3O2. The molecule has 5 nitrogen and oxygen atoms in total. The van der Waals surface area contributed by atoms with Crippen LogP contribution < -0.4 is 5.32 Å². The molecule has 0 aromatic heterocycles. The Morgan fingerprint density at radius 3 is 2.95 bits per heavy atom. The number of amides is 2. The predicted octanol–water partition coefficient (Wildman–Crippen LogP) is 1.38. The Labute approximate surface area is 116 Å². The normalized spacial score (nSPS) is 27.4. The van der Waals surface area contributed by atoms with Crippen molar-refractivity contribution in [3.8, 4) is 0 Å². The summed E-state index contributed by atoms with van der Waals surface area (Å²) in [5.41, 5.74) is 4.14. The zero-order valence-electron chi connectivity index (χ0n) is 11.2. The molecule has 20 heavy (non-hydrogen) atoms. The Morgan fingerprint density at radius 1 is 1.25 bits per heavy atom. The average molecular weight is 269 g/mol. The summed E-state index contributed by atoms with van der Waals surface area (Å²) in [6.45, 7) is 0. The number of rotatable bonds is 1. The molecule has 0 saturated heterocycles. The van der Waals surface area contributed by atoms with Crippen molar-refractivity contribution >= 4 is 23.2 Å². The maximum Gasteiger partial charge on any atom is 0.246 e. The van der Waals surface area contributed by atoms with Crippen molar-refractivity contribution in [1.29, 1.82) is 0 Å². The van der Waals surface area contributed by atoms with Crippen LogP contribution in [0.3, 0.4) is 0 Å². The zero-order chi connectivity index (χ0) is 13.9. The van der Waals surface area contributed by atoms with Crippen molar-refractivity contribution in [2.24, 2.45) is 16.9 Å². The minimum Gasteiger partial charge on any atom is -0.326 e. The van der Waals surface area contributed by atoms with Crippen molar-refractivity contribution in [3.63, 3.8) is 0 Å². The van der Waals surface area contributed by atoms with E-state index in [1.807, 2.05) is 12.1 Å². The SMILES string of the molecule is CN1N=C(c2ccc3c(c2)CCC(=O)N3)C2CC2C1=O. The zero-order valence-corrected chi connectivity index (χ0v) is 11.2. The number of fused-ring (bicyclic) bond motifs is 2. The lowest BCUT2D eigenvalue weighted by Gasteiger charge is -2.21. The molecule has 1 aliphatic carbocycles. The molecule has 1 N–H and O–H groups in total. The first-order chi connectivity index (χ1) is 9.63.